The van der Waals surface area contributed by atoms with E-state index in [0.29, 0.717) is 5.56 Å². The lowest BCUT2D eigenvalue weighted by molar-refractivity contribution is 0.0954. The van der Waals surface area contributed by atoms with Crippen molar-refractivity contribution in [1.82, 2.24) is 10.4 Å². The zero-order chi connectivity index (χ0) is 14.4. The molecule has 0 aliphatic carbocycles. The van der Waals surface area contributed by atoms with Crippen molar-refractivity contribution in [1.29, 1.82) is 0 Å². The molecule has 1 heterocycles. The second-order valence-corrected chi connectivity index (χ2v) is 4.42. The Bertz CT molecular complexity index is 603. The third-order valence-electron chi connectivity index (χ3n) is 3.05. The molecule has 20 heavy (non-hydrogen) atoms. The van der Waals surface area contributed by atoms with E-state index in [1.165, 1.54) is 5.56 Å². The SMILES string of the molecule is CCc1ccc(C(C)=NNC(=O)c2ccncc2)cc1. The van der Waals surface area contributed by atoms with Gasteiger partial charge in [-0.3, -0.25) is 9.78 Å². The highest BCUT2D eigenvalue weighted by Gasteiger charge is 2.04. The van der Waals surface area contributed by atoms with Crippen molar-refractivity contribution in [3.05, 3.63) is 65.5 Å². The van der Waals surface area contributed by atoms with Crippen molar-refractivity contribution < 1.29 is 4.79 Å². The third kappa shape index (κ3) is 3.51. The number of hydrazone groups is 1. The number of carbonyl (C=O) groups is 1. The van der Waals surface area contributed by atoms with Crippen molar-refractivity contribution in [2.24, 2.45) is 5.10 Å². The van der Waals surface area contributed by atoms with Gasteiger partial charge in [0.1, 0.15) is 0 Å². The molecule has 0 aliphatic heterocycles. The molecule has 4 heteroatoms. The molecule has 0 bridgehead atoms. The summed E-state index contributed by atoms with van der Waals surface area (Å²) in [5, 5.41) is 4.12. The number of hydrogen-bond acceptors (Lipinski definition) is 3. The van der Waals surface area contributed by atoms with Crippen LogP contribution < -0.4 is 5.43 Å². The van der Waals surface area contributed by atoms with Crippen LogP contribution in [0.2, 0.25) is 0 Å². The van der Waals surface area contributed by atoms with Gasteiger partial charge in [-0.2, -0.15) is 5.10 Å². The quantitative estimate of drug-likeness (QED) is 0.684. The van der Waals surface area contributed by atoms with Gasteiger partial charge in [0.15, 0.2) is 0 Å². The normalized spacial score (nSPS) is 11.2. The van der Waals surface area contributed by atoms with Gasteiger partial charge in [0, 0.05) is 18.0 Å². The molecule has 0 radical (unpaired) electrons. The van der Waals surface area contributed by atoms with Crippen molar-refractivity contribution in [2.75, 3.05) is 0 Å². The van der Waals surface area contributed by atoms with E-state index in [1.807, 2.05) is 19.1 Å². The van der Waals surface area contributed by atoms with Gasteiger partial charge in [-0.1, -0.05) is 31.2 Å². The first-order valence-corrected chi connectivity index (χ1v) is 6.54. The highest BCUT2D eigenvalue weighted by Crippen LogP contribution is 2.06. The maximum absolute atomic E-state index is 11.8. The molecule has 0 fully saturated rings. The number of benzene rings is 1. The highest BCUT2D eigenvalue weighted by molar-refractivity contribution is 6.00. The molecule has 0 aliphatic rings. The molecule has 0 saturated carbocycles. The number of rotatable bonds is 4. The molecule has 1 aromatic heterocycles. The molecular formula is C16H17N3O. The average molecular weight is 267 g/mol. The highest BCUT2D eigenvalue weighted by atomic mass is 16.2. The predicted molar refractivity (Wildman–Crippen MR) is 79.7 cm³/mol. The summed E-state index contributed by atoms with van der Waals surface area (Å²) in [5.41, 5.74) is 6.14. The van der Waals surface area contributed by atoms with Gasteiger partial charge >= 0.3 is 0 Å². The molecule has 2 aromatic rings. The Hall–Kier alpha value is -2.49. The Morgan fingerprint density at radius 2 is 1.75 bits per heavy atom. The minimum Gasteiger partial charge on any atom is -0.267 e. The van der Waals surface area contributed by atoms with E-state index in [9.17, 15) is 4.79 Å². The Morgan fingerprint density at radius 1 is 1.10 bits per heavy atom. The molecule has 2 rings (SSSR count). The number of amides is 1. The maximum Gasteiger partial charge on any atom is 0.271 e. The number of nitrogens with zero attached hydrogens (tertiary/aromatic N) is 2. The second kappa shape index (κ2) is 6.61. The van der Waals surface area contributed by atoms with Gasteiger partial charge in [-0.05, 0) is 36.6 Å². The van der Waals surface area contributed by atoms with Crippen LogP contribution in [0, 0.1) is 0 Å². The number of aromatic nitrogens is 1. The molecule has 1 aromatic carbocycles. The average Bonchev–Trinajstić information content (AvgIpc) is 2.53. The largest absolute Gasteiger partial charge is 0.271 e. The molecular weight excluding hydrogens is 250 g/mol. The Morgan fingerprint density at radius 3 is 2.35 bits per heavy atom. The zero-order valence-corrected chi connectivity index (χ0v) is 11.6. The Kier molecular flexibility index (Phi) is 4.60. The monoisotopic (exact) mass is 267 g/mol. The number of carbonyl (C=O) groups excluding carboxylic acids is 1. The van der Waals surface area contributed by atoms with Crippen LogP contribution in [0.1, 0.15) is 35.3 Å². The molecule has 0 spiro atoms. The van der Waals surface area contributed by atoms with Crippen molar-refractivity contribution in [2.45, 2.75) is 20.3 Å². The number of hydrogen-bond donors (Lipinski definition) is 1. The fourth-order valence-corrected chi connectivity index (χ4v) is 1.75. The van der Waals surface area contributed by atoms with Crippen molar-refractivity contribution in [3.8, 4) is 0 Å². The lowest BCUT2D eigenvalue weighted by Gasteiger charge is -2.04. The van der Waals surface area contributed by atoms with Crippen LogP contribution >= 0.6 is 0 Å². The Labute approximate surface area is 118 Å². The Balaban J connectivity index is 2.05. The smallest absolute Gasteiger partial charge is 0.267 e. The summed E-state index contributed by atoms with van der Waals surface area (Å²) in [7, 11) is 0. The fourth-order valence-electron chi connectivity index (χ4n) is 1.75. The van der Waals surface area contributed by atoms with Crippen molar-refractivity contribution >= 4 is 11.6 Å². The maximum atomic E-state index is 11.8. The second-order valence-electron chi connectivity index (χ2n) is 4.42. The topological polar surface area (TPSA) is 54.4 Å². The summed E-state index contributed by atoms with van der Waals surface area (Å²) in [4.78, 5) is 15.7. The van der Waals surface area contributed by atoms with Gasteiger partial charge in [-0.15, -0.1) is 0 Å². The summed E-state index contributed by atoms with van der Waals surface area (Å²) in [6, 6.07) is 11.5. The number of nitrogens with one attached hydrogen (secondary N) is 1. The lowest BCUT2D eigenvalue weighted by atomic mass is 10.1. The first-order valence-electron chi connectivity index (χ1n) is 6.54. The van der Waals surface area contributed by atoms with Crippen LogP contribution in [0.25, 0.3) is 0 Å². The van der Waals surface area contributed by atoms with Gasteiger partial charge in [0.2, 0.25) is 0 Å². The van der Waals surface area contributed by atoms with E-state index in [1.54, 1.807) is 24.5 Å². The minimum atomic E-state index is -0.239. The van der Waals surface area contributed by atoms with Crippen LogP contribution in [-0.4, -0.2) is 16.6 Å². The predicted octanol–water partition coefficient (Wildman–Crippen LogP) is 2.80. The van der Waals surface area contributed by atoms with Crippen LogP contribution in [0.4, 0.5) is 0 Å². The fraction of sp³-hybridized carbons (Fsp3) is 0.188. The molecule has 1 amide bonds. The first-order chi connectivity index (χ1) is 9.70. The molecule has 4 nitrogen and oxygen atoms in total. The van der Waals surface area contributed by atoms with Crippen LogP contribution in [0.15, 0.2) is 53.9 Å². The molecule has 102 valence electrons. The van der Waals surface area contributed by atoms with Gasteiger partial charge in [0.05, 0.1) is 5.71 Å². The zero-order valence-electron chi connectivity index (χ0n) is 11.6. The van der Waals surface area contributed by atoms with Gasteiger partial charge in [-0.25, -0.2) is 5.43 Å². The van der Waals surface area contributed by atoms with E-state index >= 15 is 0 Å². The van der Waals surface area contributed by atoms with Crippen LogP contribution in [0.3, 0.4) is 0 Å². The summed E-state index contributed by atoms with van der Waals surface area (Å²) >= 11 is 0. The standard InChI is InChI=1S/C16H17N3O/c1-3-13-4-6-14(7-5-13)12(2)18-19-16(20)15-8-10-17-11-9-15/h4-11H,3H2,1-2H3,(H,19,20). The number of pyridine rings is 1. The summed E-state index contributed by atoms with van der Waals surface area (Å²) in [6.07, 6.45) is 4.17. The minimum absolute atomic E-state index is 0.239. The van der Waals surface area contributed by atoms with E-state index in [4.69, 9.17) is 0 Å². The van der Waals surface area contributed by atoms with E-state index in [0.717, 1.165) is 17.7 Å². The third-order valence-corrected chi connectivity index (χ3v) is 3.05. The molecule has 0 unspecified atom stereocenters. The van der Waals surface area contributed by atoms with E-state index in [-0.39, 0.29) is 5.91 Å². The van der Waals surface area contributed by atoms with Crippen LogP contribution in [-0.2, 0) is 6.42 Å². The van der Waals surface area contributed by atoms with Gasteiger partial charge in [0.25, 0.3) is 5.91 Å². The number of aryl methyl sites for hydroxylation is 1. The van der Waals surface area contributed by atoms with Crippen LogP contribution in [0.5, 0.6) is 0 Å². The molecule has 0 saturated heterocycles. The summed E-state index contributed by atoms with van der Waals surface area (Å²) in [6.45, 7) is 3.98. The summed E-state index contributed by atoms with van der Waals surface area (Å²) in [5.74, 6) is -0.239. The van der Waals surface area contributed by atoms with Crippen molar-refractivity contribution in [3.63, 3.8) is 0 Å². The lowest BCUT2D eigenvalue weighted by Crippen LogP contribution is -2.19. The van der Waals surface area contributed by atoms with Gasteiger partial charge < -0.3 is 0 Å². The molecule has 1 N–H and O–H groups in total. The first kappa shape index (κ1) is 13.9. The summed E-state index contributed by atoms with van der Waals surface area (Å²) < 4.78 is 0. The van der Waals surface area contributed by atoms with E-state index in [2.05, 4.69) is 34.6 Å². The van der Waals surface area contributed by atoms with E-state index < -0.39 is 0 Å². The molecule has 0 atom stereocenters.